The summed E-state index contributed by atoms with van der Waals surface area (Å²) in [7, 11) is 0. The number of carbonyl (C=O) groups is 1. The smallest absolute Gasteiger partial charge is 0.357 e. The molecule has 1 saturated heterocycles. The molecule has 2 heterocycles. The number of aromatic carboxylic acids is 1. The number of carboxylic acid groups (broad SMARTS) is 1. The normalized spacial score (nSPS) is 21.4. The second kappa shape index (κ2) is 4.59. The molecule has 1 atom stereocenters. The van der Waals surface area contributed by atoms with Crippen LogP contribution >= 0.6 is 0 Å². The number of nitrogens with zero attached hydrogens (tertiary/aromatic N) is 2. The molecule has 1 unspecified atom stereocenters. The zero-order valence-corrected chi connectivity index (χ0v) is 11.7. The zero-order chi connectivity index (χ0) is 14.3. The first-order valence-electron chi connectivity index (χ1n) is 6.83. The van der Waals surface area contributed by atoms with E-state index >= 15 is 0 Å². The maximum atomic E-state index is 11.3. The number of ether oxygens (including phenoxy) is 1. The van der Waals surface area contributed by atoms with Crippen LogP contribution < -0.4 is 0 Å². The predicted octanol–water partition coefficient (Wildman–Crippen LogP) is 2.69. The monoisotopic (exact) mass is 274 g/mol. The number of benzene rings is 1. The van der Waals surface area contributed by atoms with Crippen LogP contribution in [0.4, 0.5) is 0 Å². The van der Waals surface area contributed by atoms with Crippen molar-refractivity contribution in [3.05, 3.63) is 30.0 Å². The third-order valence-electron chi connectivity index (χ3n) is 3.79. The van der Waals surface area contributed by atoms with Crippen molar-refractivity contribution >= 4 is 16.9 Å². The summed E-state index contributed by atoms with van der Waals surface area (Å²) in [6.45, 7) is 4.75. The molecule has 1 aromatic heterocycles. The zero-order valence-electron chi connectivity index (χ0n) is 11.7. The van der Waals surface area contributed by atoms with Gasteiger partial charge in [-0.1, -0.05) is 18.2 Å². The lowest BCUT2D eigenvalue weighted by molar-refractivity contribution is -0.0225. The van der Waals surface area contributed by atoms with Gasteiger partial charge in [0.05, 0.1) is 23.8 Å². The lowest BCUT2D eigenvalue weighted by Crippen LogP contribution is -2.23. The average molecular weight is 274 g/mol. The number of fused-ring (bicyclic) bond motifs is 1. The molecular formula is C15H18N2O3. The van der Waals surface area contributed by atoms with Crippen molar-refractivity contribution in [1.29, 1.82) is 0 Å². The number of carboxylic acids is 1. The SMILES string of the molecule is CC1(C)CCC(Cn2nc(C(=O)O)c3ccccc32)O1. The highest BCUT2D eigenvalue weighted by atomic mass is 16.5. The third kappa shape index (κ3) is 2.29. The average Bonchev–Trinajstić information content (AvgIpc) is 2.91. The third-order valence-corrected chi connectivity index (χ3v) is 3.79. The van der Waals surface area contributed by atoms with Crippen molar-refractivity contribution in [1.82, 2.24) is 9.78 Å². The molecule has 0 saturated carbocycles. The Morgan fingerprint density at radius 2 is 2.25 bits per heavy atom. The van der Waals surface area contributed by atoms with Gasteiger partial charge in [0, 0.05) is 5.39 Å². The number of para-hydroxylation sites is 1. The van der Waals surface area contributed by atoms with Gasteiger partial charge >= 0.3 is 5.97 Å². The largest absolute Gasteiger partial charge is 0.476 e. The molecule has 2 aromatic rings. The summed E-state index contributed by atoms with van der Waals surface area (Å²) in [6, 6.07) is 7.41. The summed E-state index contributed by atoms with van der Waals surface area (Å²) in [5.41, 5.74) is 0.861. The minimum atomic E-state index is -0.993. The van der Waals surface area contributed by atoms with Gasteiger partial charge in [-0.3, -0.25) is 4.68 Å². The van der Waals surface area contributed by atoms with Gasteiger partial charge < -0.3 is 9.84 Å². The first-order valence-corrected chi connectivity index (χ1v) is 6.83. The summed E-state index contributed by atoms with van der Waals surface area (Å²) in [5.74, 6) is -0.993. The van der Waals surface area contributed by atoms with Crippen LogP contribution in [0.2, 0.25) is 0 Å². The van der Waals surface area contributed by atoms with Gasteiger partial charge in [0.15, 0.2) is 5.69 Å². The van der Waals surface area contributed by atoms with E-state index in [1.165, 1.54) is 0 Å². The van der Waals surface area contributed by atoms with Gasteiger partial charge in [0.1, 0.15) is 0 Å². The van der Waals surface area contributed by atoms with Crippen LogP contribution in [-0.2, 0) is 11.3 Å². The van der Waals surface area contributed by atoms with Crippen molar-refractivity contribution in [2.24, 2.45) is 0 Å². The Balaban J connectivity index is 1.94. The Kier molecular flexibility index (Phi) is 3.01. The topological polar surface area (TPSA) is 64.4 Å². The van der Waals surface area contributed by atoms with E-state index in [0.717, 1.165) is 18.4 Å². The first kappa shape index (κ1) is 13.1. The van der Waals surface area contributed by atoms with E-state index < -0.39 is 5.97 Å². The molecule has 0 aliphatic carbocycles. The van der Waals surface area contributed by atoms with Gasteiger partial charge in [-0.05, 0) is 32.8 Å². The van der Waals surface area contributed by atoms with Gasteiger partial charge in [-0.25, -0.2) is 4.79 Å². The van der Waals surface area contributed by atoms with E-state index in [4.69, 9.17) is 4.74 Å². The van der Waals surface area contributed by atoms with E-state index in [0.29, 0.717) is 11.9 Å². The van der Waals surface area contributed by atoms with Crippen LogP contribution in [0.3, 0.4) is 0 Å². The Hall–Kier alpha value is -1.88. The second-order valence-corrected chi connectivity index (χ2v) is 5.89. The Labute approximate surface area is 117 Å². The van der Waals surface area contributed by atoms with Crippen molar-refractivity contribution in [3.8, 4) is 0 Å². The molecule has 0 bridgehead atoms. The molecule has 0 spiro atoms. The number of hydrogen-bond acceptors (Lipinski definition) is 3. The maximum Gasteiger partial charge on any atom is 0.357 e. The molecule has 1 N–H and O–H groups in total. The quantitative estimate of drug-likeness (QED) is 0.934. The number of hydrogen-bond donors (Lipinski definition) is 1. The fourth-order valence-corrected chi connectivity index (χ4v) is 2.82. The molecule has 1 aromatic carbocycles. The Morgan fingerprint density at radius 1 is 1.50 bits per heavy atom. The van der Waals surface area contributed by atoms with Gasteiger partial charge in [-0.2, -0.15) is 5.10 Å². The van der Waals surface area contributed by atoms with E-state index in [2.05, 4.69) is 18.9 Å². The highest BCUT2D eigenvalue weighted by Gasteiger charge is 2.32. The van der Waals surface area contributed by atoms with Crippen LogP contribution in [0.1, 0.15) is 37.2 Å². The van der Waals surface area contributed by atoms with E-state index in [-0.39, 0.29) is 17.4 Å². The molecule has 1 fully saturated rings. The minimum absolute atomic E-state index is 0.0925. The van der Waals surface area contributed by atoms with Crippen LogP contribution in [0.25, 0.3) is 10.9 Å². The van der Waals surface area contributed by atoms with Crippen molar-refractivity contribution in [2.45, 2.75) is 44.9 Å². The highest BCUT2D eigenvalue weighted by molar-refractivity contribution is 6.01. The molecule has 20 heavy (non-hydrogen) atoms. The Bertz CT molecular complexity index is 660. The van der Waals surface area contributed by atoms with Crippen LogP contribution in [0.15, 0.2) is 24.3 Å². The van der Waals surface area contributed by atoms with Crippen molar-refractivity contribution in [3.63, 3.8) is 0 Å². The summed E-state index contributed by atoms with van der Waals surface area (Å²) in [5, 5.41) is 14.1. The summed E-state index contributed by atoms with van der Waals surface area (Å²) in [6.07, 6.45) is 2.08. The van der Waals surface area contributed by atoms with E-state index in [1.54, 1.807) is 10.7 Å². The fraction of sp³-hybridized carbons (Fsp3) is 0.467. The molecule has 1 aliphatic rings. The van der Waals surface area contributed by atoms with Gasteiger partial charge in [0.25, 0.3) is 0 Å². The molecule has 0 amide bonds. The molecule has 0 radical (unpaired) electrons. The van der Waals surface area contributed by atoms with Crippen molar-refractivity contribution in [2.75, 3.05) is 0 Å². The van der Waals surface area contributed by atoms with E-state index in [1.807, 2.05) is 18.2 Å². The van der Waals surface area contributed by atoms with Crippen LogP contribution in [0, 0.1) is 0 Å². The summed E-state index contributed by atoms with van der Waals surface area (Å²) >= 11 is 0. The highest BCUT2D eigenvalue weighted by Crippen LogP contribution is 2.31. The first-order chi connectivity index (χ1) is 9.46. The predicted molar refractivity (Wildman–Crippen MR) is 74.9 cm³/mol. The standard InChI is InChI=1S/C15H18N2O3/c1-15(2)8-7-10(20-15)9-17-12-6-4-3-5-11(12)13(16-17)14(18)19/h3-6,10H,7-9H2,1-2H3,(H,18,19). The number of aromatic nitrogens is 2. The Morgan fingerprint density at radius 3 is 2.90 bits per heavy atom. The molecule has 5 nitrogen and oxygen atoms in total. The second-order valence-electron chi connectivity index (χ2n) is 5.89. The van der Waals surface area contributed by atoms with Gasteiger partial charge in [0.2, 0.25) is 0 Å². The summed E-state index contributed by atoms with van der Waals surface area (Å²) in [4.78, 5) is 11.3. The lowest BCUT2D eigenvalue weighted by atomic mass is 10.1. The summed E-state index contributed by atoms with van der Waals surface area (Å²) < 4.78 is 7.72. The van der Waals surface area contributed by atoms with E-state index in [9.17, 15) is 9.90 Å². The molecule has 3 rings (SSSR count). The molecule has 5 heteroatoms. The lowest BCUT2D eigenvalue weighted by Gasteiger charge is -2.19. The van der Waals surface area contributed by atoms with Crippen LogP contribution in [0.5, 0.6) is 0 Å². The molecule has 1 aliphatic heterocycles. The fourth-order valence-electron chi connectivity index (χ4n) is 2.82. The minimum Gasteiger partial charge on any atom is -0.476 e. The van der Waals surface area contributed by atoms with Crippen LogP contribution in [-0.4, -0.2) is 32.6 Å². The van der Waals surface area contributed by atoms with Gasteiger partial charge in [-0.15, -0.1) is 0 Å². The molecule has 106 valence electrons. The maximum absolute atomic E-state index is 11.3. The van der Waals surface area contributed by atoms with Crippen molar-refractivity contribution < 1.29 is 14.6 Å². The molecular weight excluding hydrogens is 256 g/mol. The number of rotatable bonds is 3.